The van der Waals surface area contributed by atoms with Crippen molar-refractivity contribution in [3.8, 4) is 0 Å². The van der Waals surface area contributed by atoms with Gasteiger partial charge >= 0.3 is 0 Å². The van der Waals surface area contributed by atoms with Gasteiger partial charge in [0.05, 0.1) is 0 Å². The average molecular weight is 290 g/mol. The minimum atomic E-state index is 0.153. The predicted octanol–water partition coefficient (Wildman–Crippen LogP) is 4.41. The fourth-order valence-corrected chi connectivity index (χ4v) is 2.62. The van der Waals surface area contributed by atoms with Crippen LogP contribution in [0.3, 0.4) is 0 Å². The Kier molecular flexibility index (Phi) is 7.27. The second-order valence-electron chi connectivity index (χ2n) is 5.93. The topological polar surface area (TPSA) is 32.3 Å². The van der Waals surface area contributed by atoms with E-state index >= 15 is 0 Å². The molecule has 0 spiro atoms. The minimum absolute atomic E-state index is 0.153. The SMILES string of the molecule is CCNc1ccc(C(=O)N(CC(C)C)C(CC)CC)cc1. The summed E-state index contributed by atoms with van der Waals surface area (Å²) in [4.78, 5) is 14.9. The highest BCUT2D eigenvalue weighted by molar-refractivity contribution is 5.94. The number of nitrogens with zero attached hydrogens (tertiary/aromatic N) is 1. The van der Waals surface area contributed by atoms with Gasteiger partial charge in [-0.3, -0.25) is 4.79 Å². The van der Waals surface area contributed by atoms with Gasteiger partial charge in [-0.2, -0.15) is 0 Å². The molecule has 0 radical (unpaired) electrons. The number of carbonyl (C=O) groups is 1. The van der Waals surface area contributed by atoms with Crippen molar-refractivity contribution in [1.29, 1.82) is 0 Å². The van der Waals surface area contributed by atoms with Crippen molar-refractivity contribution in [2.45, 2.75) is 53.5 Å². The van der Waals surface area contributed by atoms with Crippen molar-refractivity contribution in [2.75, 3.05) is 18.4 Å². The molecular weight excluding hydrogens is 260 g/mol. The van der Waals surface area contributed by atoms with Gasteiger partial charge < -0.3 is 10.2 Å². The molecule has 0 aliphatic rings. The van der Waals surface area contributed by atoms with E-state index in [1.54, 1.807) is 0 Å². The lowest BCUT2D eigenvalue weighted by Gasteiger charge is -2.32. The summed E-state index contributed by atoms with van der Waals surface area (Å²) in [6.07, 6.45) is 2.01. The standard InChI is InChI=1S/C18H30N2O/c1-6-17(7-2)20(13-14(4)5)18(21)15-9-11-16(12-10-15)19-8-3/h9-12,14,17,19H,6-8,13H2,1-5H3. The molecule has 1 N–H and O–H groups in total. The molecule has 21 heavy (non-hydrogen) atoms. The third kappa shape index (κ3) is 5.07. The van der Waals surface area contributed by atoms with Crippen molar-refractivity contribution in [2.24, 2.45) is 5.92 Å². The van der Waals surface area contributed by atoms with E-state index in [2.05, 4.69) is 39.9 Å². The molecule has 0 atom stereocenters. The van der Waals surface area contributed by atoms with Crippen molar-refractivity contribution >= 4 is 11.6 Å². The first kappa shape index (κ1) is 17.5. The molecule has 118 valence electrons. The molecule has 0 heterocycles. The van der Waals surface area contributed by atoms with Crippen LogP contribution in [0.4, 0.5) is 5.69 Å². The van der Waals surface area contributed by atoms with E-state index in [-0.39, 0.29) is 5.91 Å². The van der Waals surface area contributed by atoms with Gasteiger partial charge in [-0.05, 0) is 49.9 Å². The van der Waals surface area contributed by atoms with Crippen LogP contribution >= 0.6 is 0 Å². The molecule has 1 aromatic carbocycles. The summed E-state index contributed by atoms with van der Waals surface area (Å²) in [7, 11) is 0. The number of amides is 1. The summed E-state index contributed by atoms with van der Waals surface area (Å²) in [6.45, 7) is 12.4. The van der Waals surface area contributed by atoms with Gasteiger partial charge in [0.1, 0.15) is 0 Å². The Bertz CT molecular complexity index is 421. The Balaban J connectivity index is 2.92. The number of benzene rings is 1. The maximum atomic E-state index is 12.8. The molecule has 0 fully saturated rings. The van der Waals surface area contributed by atoms with Crippen LogP contribution in [-0.4, -0.2) is 29.9 Å². The van der Waals surface area contributed by atoms with Gasteiger partial charge in [-0.1, -0.05) is 27.7 Å². The molecule has 0 aromatic heterocycles. The van der Waals surface area contributed by atoms with Gasteiger partial charge in [0.15, 0.2) is 0 Å². The van der Waals surface area contributed by atoms with Crippen LogP contribution in [0.1, 0.15) is 57.8 Å². The Hall–Kier alpha value is -1.51. The highest BCUT2D eigenvalue weighted by Gasteiger charge is 2.23. The first-order valence-electron chi connectivity index (χ1n) is 8.18. The fraction of sp³-hybridized carbons (Fsp3) is 0.611. The summed E-state index contributed by atoms with van der Waals surface area (Å²) in [5.74, 6) is 0.635. The Morgan fingerprint density at radius 3 is 2.10 bits per heavy atom. The highest BCUT2D eigenvalue weighted by Crippen LogP contribution is 2.17. The van der Waals surface area contributed by atoms with E-state index in [1.807, 2.05) is 29.2 Å². The van der Waals surface area contributed by atoms with E-state index in [0.29, 0.717) is 12.0 Å². The van der Waals surface area contributed by atoms with E-state index in [4.69, 9.17) is 0 Å². The summed E-state index contributed by atoms with van der Waals surface area (Å²) < 4.78 is 0. The van der Waals surface area contributed by atoms with Crippen molar-refractivity contribution in [3.05, 3.63) is 29.8 Å². The Morgan fingerprint density at radius 1 is 1.10 bits per heavy atom. The number of rotatable bonds is 8. The zero-order valence-corrected chi connectivity index (χ0v) is 14.1. The van der Waals surface area contributed by atoms with Crippen LogP contribution in [0.25, 0.3) is 0 Å². The number of hydrogen-bond donors (Lipinski definition) is 1. The maximum absolute atomic E-state index is 12.8. The summed E-state index contributed by atoms with van der Waals surface area (Å²) in [6, 6.07) is 8.15. The van der Waals surface area contributed by atoms with Crippen molar-refractivity contribution < 1.29 is 4.79 Å². The number of hydrogen-bond acceptors (Lipinski definition) is 2. The van der Waals surface area contributed by atoms with Crippen LogP contribution in [0.15, 0.2) is 24.3 Å². The predicted molar refractivity (Wildman–Crippen MR) is 90.9 cm³/mol. The third-order valence-corrected chi connectivity index (χ3v) is 3.72. The van der Waals surface area contributed by atoms with Gasteiger partial charge in [-0.15, -0.1) is 0 Å². The largest absolute Gasteiger partial charge is 0.385 e. The first-order chi connectivity index (χ1) is 10.0. The zero-order valence-electron chi connectivity index (χ0n) is 14.1. The molecule has 1 rings (SSSR count). The van der Waals surface area contributed by atoms with Crippen LogP contribution in [0, 0.1) is 5.92 Å². The number of carbonyl (C=O) groups excluding carboxylic acids is 1. The van der Waals surface area contributed by atoms with E-state index in [0.717, 1.165) is 37.2 Å². The quantitative estimate of drug-likeness (QED) is 0.769. The Morgan fingerprint density at radius 2 is 1.67 bits per heavy atom. The summed E-state index contributed by atoms with van der Waals surface area (Å²) in [5, 5.41) is 3.26. The molecule has 3 heteroatoms. The second-order valence-corrected chi connectivity index (χ2v) is 5.93. The van der Waals surface area contributed by atoms with Gasteiger partial charge in [0.25, 0.3) is 5.91 Å². The van der Waals surface area contributed by atoms with Gasteiger partial charge in [-0.25, -0.2) is 0 Å². The fourth-order valence-electron chi connectivity index (χ4n) is 2.62. The van der Waals surface area contributed by atoms with Crippen molar-refractivity contribution in [3.63, 3.8) is 0 Å². The molecule has 0 aliphatic carbocycles. The average Bonchev–Trinajstić information content (AvgIpc) is 2.47. The number of nitrogens with one attached hydrogen (secondary N) is 1. The van der Waals surface area contributed by atoms with E-state index < -0.39 is 0 Å². The molecule has 1 amide bonds. The monoisotopic (exact) mass is 290 g/mol. The second kappa shape index (κ2) is 8.71. The van der Waals surface area contributed by atoms with Gasteiger partial charge in [0, 0.05) is 30.4 Å². The molecule has 0 saturated carbocycles. The van der Waals surface area contributed by atoms with Crippen LogP contribution in [0.2, 0.25) is 0 Å². The molecule has 1 aromatic rings. The Labute approximate surface area is 129 Å². The molecule has 0 saturated heterocycles. The van der Waals surface area contributed by atoms with Crippen LogP contribution < -0.4 is 5.32 Å². The van der Waals surface area contributed by atoms with Gasteiger partial charge in [0.2, 0.25) is 0 Å². The lowest BCUT2D eigenvalue weighted by atomic mass is 10.1. The lowest BCUT2D eigenvalue weighted by Crippen LogP contribution is -2.42. The molecule has 0 aliphatic heterocycles. The van der Waals surface area contributed by atoms with Crippen LogP contribution in [0.5, 0.6) is 0 Å². The maximum Gasteiger partial charge on any atom is 0.254 e. The highest BCUT2D eigenvalue weighted by atomic mass is 16.2. The van der Waals surface area contributed by atoms with Crippen molar-refractivity contribution in [1.82, 2.24) is 4.90 Å². The van der Waals surface area contributed by atoms with Crippen LogP contribution in [-0.2, 0) is 0 Å². The van der Waals surface area contributed by atoms with E-state index in [9.17, 15) is 4.79 Å². The number of anilines is 1. The molecule has 3 nitrogen and oxygen atoms in total. The first-order valence-corrected chi connectivity index (χ1v) is 8.18. The zero-order chi connectivity index (χ0) is 15.8. The normalized spacial score (nSPS) is 11.0. The molecule has 0 unspecified atom stereocenters. The summed E-state index contributed by atoms with van der Waals surface area (Å²) >= 11 is 0. The molecular formula is C18H30N2O. The lowest BCUT2D eigenvalue weighted by molar-refractivity contribution is 0.0640. The van der Waals surface area contributed by atoms with E-state index in [1.165, 1.54) is 0 Å². The minimum Gasteiger partial charge on any atom is -0.385 e. The third-order valence-electron chi connectivity index (χ3n) is 3.72. The molecule has 0 bridgehead atoms. The smallest absolute Gasteiger partial charge is 0.254 e. The summed E-state index contributed by atoms with van der Waals surface area (Å²) in [5.41, 5.74) is 1.84.